The number of aryl methyl sites for hydroxylation is 1. The van der Waals surface area contributed by atoms with Crippen LogP contribution >= 0.6 is 0 Å². The Balaban J connectivity index is 1.79. The van der Waals surface area contributed by atoms with Crippen LogP contribution < -0.4 is 5.32 Å². The second kappa shape index (κ2) is 7.23. The summed E-state index contributed by atoms with van der Waals surface area (Å²) in [5.74, 6) is 0.968. The maximum Gasteiger partial charge on any atom is 0.171 e. The summed E-state index contributed by atoms with van der Waals surface area (Å²) in [5.41, 5.74) is -0.0610. The molecule has 7 heteroatoms. The van der Waals surface area contributed by atoms with Gasteiger partial charge >= 0.3 is 0 Å². The number of ether oxygens (including phenoxy) is 1. The molecule has 0 atom stereocenters. The number of nitrogens with zero attached hydrogens (tertiary/aromatic N) is 4. The molecular formula is C16H29N5O2. The van der Waals surface area contributed by atoms with Crippen LogP contribution in [0.25, 0.3) is 0 Å². The first-order valence-corrected chi connectivity index (χ1v) is 8.89. The first-order chi connectivity index (χ1) is 11.2. The molecule has 7 nitrogen and oxygen atoms in total. The number of methoxy groups -OCH3 is 1. The lowest BCUT2D eigenvalue weighted by Crippen LogP contribution is -2.60. The molecule has 1 heterocycles. The Morgan fingerprint density at radius 2 is 2.00 bits per heavy atom. The molecule has 3 rings (SSSR count). The number of tetrazole rings is 1. The van der Waals surface area contributed by atoms with Crippen LogP contribution in [0.5, 0.6) is 0 Å². The highest BCUT2D eigenvalue weighted by molar-refractivity contribution is 5.13. The summed E-state index contributed by atoms with van der Waals surface area (Å²) in [6.45, 7) is 1.74. The summed E-state index contributed by atoms with van der Waals surface area (Å²) in [6.07, 6.45) is 9.80. The minimum atomic E-state index is -0.133. The van der Waals surface area contributed by atoms with Crippen molar-refractivity contribution in [1.29, 1.82) is 0 Å². The van der Waals surface area contributed by atoms with Gasteiger partial charge in [-0.1, -0.05) is 12.8 Å². The van der Waals surface area contributed by atoms with Gasteiger partial charge in [-0.25, -0.2) is 4.68 Å². The Bertz CT molecular complexity index is 494. The predicted molar refractivity (Wildman–Crippen MR) is 85.9 cm³/mol. The van der Waals surface area contributed by atoms with E-state index in [1.54, 1.807) is 7.11 Å². The van der Waals surface area contributed by atoms with E-state index >= 15 is 0 Å². The van der Waals surface area contributed by atoms with Crippen molar-refractivity contribution in [2.75, 3.05) is 20.3 Å². The summed E-state index contributed by atoms with van der Waals surface area (Å²) in [5, 5.41) is 25.9. The van der Waals surface area contributed by atoms with Crippen LogP contribution in [0.1, 0.15) is 63.6 Å². The molecule has 0 aromatic carbocycles. The molecule has 23 heavy (non-hydrogen) atoms. The number of aromatic nitrogens is 4. The van der Waals surface area contributed by atoms with E-state index in [9.17, 15) is 5.11 Å². The molecule has 0 bridgehead atoms. The standard InChI is InChI=1S/C16H29N5O2/c1-23-13-5-11-21-14(17-19-20-21)16(8-2-3-9-16)18-15(10-12-22)6-4-7-15/h18,22H,2-13H2,1H3. The fourth-order valence-corrected chi connectivity index (χ4v) is 4.20. The molecule has 2 aliphatic rings. The third kappa shape index (κ3) is 3.41. The normalized spacial score (nSPS) is 22.2. The third-order valence-electron chi connectivity index (χ3n) is 5.54. The summed E-state index contributed by atoms with van der Waals surface area (Å²) in [4.78, 5) is 0. The number of nitrogens with one attached hydrogen (secondary N) is 1. The zero-order valence-corrected chi connectivity index (χ0v) is 14.1. The Kier molecular flexibility index (Phi) is 5.28. The van der Waals surface area contributed by atoms with Gasteiger partial charge in [0, 0.05) is 32.4 Å². The highest BCUT2D eigenvalue weighted by Crippen LogP contribution is 2.44. The van der Waals surface area contributed by atoms with Gasteiger partial charge in [0.2, 0.25) is 0 Å². The predicted octanol–water partition coefficient (Wildman–Crippen LogP) is 1.37. The first-order valence-electron chi connectivity index (χ1n) is 8.89. The Hall–Kier alpha value is -1.05. The minimum absolute atomic E-state index is 0.0718. The number of aliphatic hydroxyl groups excluding tert-OH is 1. The van der Waals surface area contributed by atoms with Crippen molar-refractivity contribution in [3.05, 3.63) is 5.82 Å². The van der Waals surface area contributed by atoms with E-state index < -0.39 is 0 Å². The van der Waals surface area contributed by atoms with Gasteiger partial charge in [-0.05, 0) is 55.4 Å². The lowest BCUT2D eigenvalue weighted by molar-refractivity contribution is 0.0798. The fourth-order valence-electron chi connectivity index (χ4n) is 4.20. The largest absolute Gasteiger partial charge is 0.396 e. The molecule has 2 fully saturated rings. The smallest absolute Gasteiger partial charge is 0.171 e. The van der Waals surface area contributed by atoms with Gasteiger partial charge in [-0.15, -0.1) is 5.10 Å². The second-order valence-corrected chi connectivity index (χ2v) is 7.09. The summed E-state index contributed by atoms with van der Waals surface area (Å²) >= 11 is 0. The Morgan fingerprint density at radius 3 is 2.61 bits per heavy atom. The van der Waals surface area contributed by atoms with Crippen LogP contribution in [0.4, 0.5) is 0 Å². The molecule has 0 amide bonds. The zero-order valence-electron chi connectivity index (χ0n) is 14.1. The van der Waals surface area contributed by atoms with E-state index in [2.05, 4.69) is 20.8 Å². The molecule has 1 aromatic rings. The molecule has 0 unspecified atom stereocenters. The van der Waals surface area contributed by atoms with Crippen molar-refractivity contribution >= 4 is 0 Å². The van der Waals surface area contributed by atoms with Gasteiger partial charge in [0.1, 0.15) is 0 Å². The molecule has 2 N–H and O–H groups in total. The maximum absolute atomic E-state index is 9.45. The van der Waals surface area contributed by atoms with Crippen LogP contribution in [0.3, 0.4) is 0 Å². The van der Waals surface area contributed by atoms with Crippen LogP contribution in [0.15, 0.2) is 0 Å². The van der Waals surface area contributed by atoms with Crippen molar-refractivity contribution in [2.45, 2.75) is 75.4 Å². The fraction of sp³-hybridized carbons (Fsp3) is 0.938. The van der Waals surface area contributed by atoms with E-state index in [-0.39, 0.29) is 17.7 Å². The van der Waals surface area contributed by atoms with Gasteiger partial charge in [0.05, 0.1) is 5.54 Å². The van der Waals surface area contributed by atoms with E-state index in [1.807, 2.05) is 4.68 Å². The Labute approximate surface area is 137 Å². The van der Waals surface area contributed by atoms with E-state index in [0.717, 1.165) is 50.9 Å². The summed E-state index contributed by atoms with van der Waals surface area (Å²) < 4.78 is 7.09. The van der Waals surface area contributed by atoms with Crippen molar-refractivity contribution in [2.24, 2.45) is 0 Å². The maximum atomic E-state index is 9.45. The van der Waals surface area contributed by atoms with Gasteiger partial charge in [0.15, 0.2) is 5.82 Å². The quantitative estimate of drug-likeness (QED) is 0.668. The van der Waals surface area contributed by atoms with Gasteiger partial charge in [-0.2, -0.15) is 0 Å². The monoisotopic (exact) mass is 323 g/mol. The van der Waals surface area contributed by atoms with Crippen molar-refractivity contribution in [3.8, 4) is 0 Å². The molecule has 2 saturated carbocycles. The highest BCUT2D eigenvalue weighted by atomic mass is 16.5. The highest BCUT2D eigenvalue weighted by Gasteiger charge is 2.48. The van der Waals surface area contributed by atoms with E-state index in [1.165, 1.54) is 19.3 Å². The van der Waals surface area contributed by atoms with Crippen molar-refractivity contribution in [3.63, 3.8) is 0 Å². The van der Waals surface area contributed by atoms with Gasteiger partial charge in [-0.3, -0.25) is 5.32 Å². The van der Waals surface area contributed by atoms with Gasteiger partial charge < -0.3 is 9.84 Å². The first kappa shape index (κ1) is 16.8. The molecule has 2 aliphatic carbocycles. The number of aliphatic hydroxyl groups is 1. The molecule has 0 aliphatic heterocycles. The molecular weight excluding hydrogens is 294 g/mol. The topological polar surface area (TPSA) is 85.1 Å². The summed E-state index contributed by atoms with van der Waals surface area (Å²) in [6, 6.07) is 0. The third-order valence-corrected chi connectivity index (χ3v) is 5.54. The average Bonchev–Trinajstić information content (AvgIpc) is 3.15. The molecule has 0 spiro atoms. The molecule has 1 aromatic heterocycles. The van der Waals surface area contributed by atoms with Crippen LogP contribution in [0.2, 0.25) is 0 Å². The number of hydrogen-bond donors (Lipinski definition) is 2. The lowest BCUT2D eigenvalue weighted by Gasteiger charge is -2.48. The van der Waals surface area contributed by atoms with Crippen molar-refractivity contribution < 1.29 is 9.84 Å². The van der Waals surface area contributed by atoms with Crippen LogP contribution in [-0.2, 0) is 16.8 Å². The average molecular weight is 323 g/mol. The molecule has 0 saturated heterocycles. The Morgan fingerprint density at radius 1 is 1.22 bits per heavy atom. The minimum Gasteiger partial charge on any atom is -0.396 e. The van der Waals surface area contributed by atoms with Gasteiger partial charge in [0.25, 0.3) is 0 Å². The summed E-state index contributed by atoms with van der Waals surface area (Å²) in [7, 11) is 1.72. The molecule has 130 valence electrons. The van der Waals surface area contributed by atoms with Crippen molar-refractivity contribution in [1.82, 2.24) is 25.5 Å². The lowest BCUT2D eigenvalue weighted by atomic mass is 9.72. The second-order valence-electron chi connectivity index (χ2n) is 7.09. The van der Waals surface area contributed by atoms with E-state index in [4.69, 9.17) is 4.74 Å². The number of rotatable bonds is 9. The SMILES string of the molecule is COCCCn1nnnc1C1(NC2(CCO)CCC2)CCCC1. The number of hydrogen-bond acceptors (Lipinski definition) is 6. The molecule has 0 radical (unpaired) electrons. The van der Waals surface area contributed by atoms with Crippen LogP contribution in [0, 0.1) is 0 Å². The van der Waals surface area contributed by atoms with Crippen LogP contribution in [-0.4, -0.2) is 51.2 Å². The zero-order chi connectivity index (χ0) is 16.2. The van der Waals surface area contributed by atoms with E-state index in [0.29, 0.717) is 6.61 Å².